The maximum Gasteiger partial charge on any atom is 0.405 e. The Bertz CT molecular complexity index is 1140. The predicted octanol–water partition coefficient (Wildman–Crippen LogP) is 4.99. The second-order valence-corrected chi connectivity index (χ2v) is 7.55. The summed E-state index contributed by atoms with van der Waals surface area (Å²) in [5.74, 6) is -0.932. The average molecular weight is 428 g/mol. The molecule has 0 aliphatic heterocycles. The van der Waals surface area contributed by atoms with Gasteiger partial charge in [-0.25, -0.2) is 9.18 Å². The minimum atomic E-state index is -1.11. The van der Waals surface area contributed by atoms with E-state index in [9.17, 15) is 19.1 Å². The van der Waals surface area contributed by atoms with Gasteiger partial charge in [0.2, 0.25) is 0 Å². The second-order valence-electron chi connectivity index (χ2n) is 7.14. The highest BCUT2D eigenvalue weighted by atomic mass is 35.5. The fraction of sp³-hybridized carbons (Fsp3) is 0.182. The van der Waals surface area contributed by atoms with E-state index >= 15 is 0 Å². The van der Waals surface area contributed by atoms with E-state index in [1.54, 1.807) is 11.6 Å². The topological polar surface area (TPSA) is 83.4 Å². The molecule has 0 fully saturated rings. The van der Waals surface area contributed by atoms with Crippen LogP contribution >= 0.6 is 11.6 Å². The summed E-state index contributed by atoms with van der Waals surface area (Å²) < 4.78 is 15.2. The quantitative estimate of drug-likeness (QED) is 0.548. The Balaban J connectivity index is 1.80. The van der Waals surface area contributed by atoms with E-state index in [1.807, 2.05) is 30.3 Å². The van der Waals surface area contributed by atoms with Gasteiger partial charge >= 0.3 is 6.09 Å². The molecule has 0 spiro atoms. The first-order valence-electron chi connectivity index (χ1n) is 9.39. The van der Waals surface area contributed by atoms with E-state index in [-0.39, 0.29) is 10.9 Å². The molecule has 0 radical (unpaired) electrons. The van der Waals surface area contributed by atoms with Crippen LogP contribution in [0.5, 0.6) is 0 Å². The third-order valence-corrected chi connectivity index (χ3v) is 5.60. The summed E-state index contributed by atoms with van der Waals surface area (Å²) in [4.78, 5) is 24.5. The van der Waals surface area contributed by atoms with Gasteiger partial charge in [0.1, 0.15) is 11.5 Å². The van der Waals surface area contributed by atoms with E-state index in [0.717, 1.165) is 22.4 Å². The smallest absolute Gasteiger partial charge is 0.405 e. The van der Waals surface area contributed by atoms with Crippen LogP contribution in [0.15, 0.2) is 48.5 Å². The number of hydrogen-bond acceptors (Lipinski definition) is 2. The van der Waals surface area contributed by atoms with Gasteiger partial charge in [0.05, 0.1) is 16.8 Å². The molecule has 0 bridgehead atoms. The largest absolute Gasteiger partial charge is 0.465 e. The lowest BCUT2D eigenvalue weighted by Crippen LogP contribution is -2.25. The second kappa shape index (κ2) is 7.84. The highest BCUT2D eigenvalue weighted by molar-refractivity contribution is 6.31. The van der Waals surface area contributed by atoms with Crippen molar-refractivity contribution in [2.75, 3.05) is 5.32 Å². The van der Waals surface area contributed by atoms with Crippen LogP contribution in [0, 0.1) is 5.82 Å². The molecule has 154 valence electrons. The summed E-state index contributed by atoms with van der Waals surface area (Å²) in [6, 6.07) is 13.1. The average Bonchev–Trinajstić information content (AvgIpc) is 3.22. The molecule has 1 unspecified atom stereocenters. The van der Waals surface area contributed by atoms with E-state index in [2.05, 4.69) is 10.6 Å². The Hall–Kier alpha value is -3.32. The first-order chi connectivity index (χ1) is 14.4. The zero-order chi connectivity index (χ0) is 21.4. The van der Waals surface area contributed by atoms with Gasteiger partial charge in [-0.05, 0) is 42.2 Å². The summed E-state index contributed by atoms with van der Waals surface area (Å²) in [6.07, 6.45) is 0.0245. The Morgan fingerprint density at radius 3 is 2.60 bits per heavy atom. The van der Waals surface area contributed by atoms with Crippen molar-refractivity contribution in [3.63, 3.8) is 0 Å². The Morgan fingerprint density at radius 1 is 1.20 bits per heavy atom. The molecule has 0 saturated carbocycles. The molecule has 2 aromatic carbocycles. The monoisotopic (exact) mass is 427 g/mol. The van der Waals surface area contributed by atoms with Crippen LogP contribution in [0.3, 0.4) is 0 Å². The molecule has 1 aliphatic carbocycles. The molecule has 30 heavy (non-hydrogen) atoms. The van der Waals surface area contributed by atoms with Gasteiger partial charge in [-0.1, -0.05) is 41.9 Å². The van der Waals surface area contributed by atoms with E-state index < -0.39 is 18.0 Å². The van der Waals surface area contributed by atoms with Crippen LogP contribution in [0.25, 0.3) is 11.3 Å². The number of nitrogens with one attached hydrogen (secondary N) is 2. The number of fused-ring (bicyclic) bond motifs is 1. The third-order valence-electron chi connectivity index (χ3n) is 5.31. The fourth-order valence-electron chi connectivity index (χ4n) is 4.12. The van der Waals surface area contributed by atoms with Gasteiger partial charge in [-0.2, -0.15) is 0 Å². The lowest BCUT2D eigenvalue weighted by atomic mass is 10.0. The van der Waals surface area contributed by atoms with Gasteiger partial charge in [0.15, 0.2) is 0 Å². The molecule has 1 aromatic heterocycles. The van der Waals surface area contributed by atoms with Crippen molar-refractivity contribution < 1.29 is 19.1 Å². The maximum atomic E-state index is 13.4. The highest BCUT2D eigenvalue weighted by Crippen LogP contribution is 2.42. The number of carbonyl (C=O) groups is 2. The molecule has 1 heterocycles. The van der Waals surface area contributed by atoms with Gasteiger partial charge < -0.3 is 20.3 Å². The molecule has 2 amide bonds. The van der Waals surface area contributed by atoms with Gasteiger partial charge in [-0.15, -0.1) is 0 Å². The third kappa shape index (κ3) is 3.52. The summed E-state index contributed by atoms with van der Waals surface area (Å²) in [5, 5.41) is 14.5. The van der Waals surface area contributed by atoms with Crippen molar-refractivity contribution in [3.05, 3.63) is 76.2 Å². The first-order valence-corrected chi connectivity index (χ1v) is 9.77. The number of rotatable bonds is 4. The van der Waals surface area contributed by atoms with Crippen molar-refractivity contribution in [1.29, 1.82) is 0 Å². The standard InChI is InChI=1S/C22H19ClFN3O3/c1-27-19(12-5-3-2-4-6-12)18-14(8-10-17(18)26-22(29)30)20(27)21(28)25-13-7-9-16(24)15(23)11-13/h2-7,9,11,17,26H,8,10H2,1H3,(H,25,28)(H,29,30). The minimum Gasteiger partial charge on any atom is -0.465 e. The number of amides is 2. The molecule has 4 rings (SSSR count). The number of nitrogens with zero attached hydrogens (tertiary/aromatic N) is 1. The summed E-state index contributed by atoms with van der Waals surface area (Å²) in [5.41, 5.74) is 4.12. The minimum absolute atomic E-state index is 0.0828. The number of benzene rings is 2. The molecule has 1 atom stereocenters. The van der Waals surface area contributed by atoms with Gasteiger partial charge in [-0.3, -0.25) is 4.79 Å². The first kappa shape index (κ1) is 20.0. The number of aromatic nitrogens is 1. The van der Waals surface area contributed by atoms with E-state index in [4.69, 9.17) is 11.6 Å². The van der Waals surface area contributed by atoms with Gasteiger partial charge in [0, 0.05) is 18.3 Å². The van der Waals surface area contributed by atoms with E-state index in [1.165, 1.54) is 18.2 Å². The maximum absolute atomic E-state index is 13.4. The van der Waals surface area contributed by atoms with Crippen molar-refractivity contribution in [2.45, 2.75) is 18.9 Å². The van der Waals surface area contributed by atoms with Crippen molar-refractivity contribution in [2.24, 2.45) is 7.05 Å². The molecular weight excluding hydrogens is 409 g/mol. The Labute approximate surface area is 177 Å². The van der Waals surface area contributed by atoms with Crippen LogP contribution in [0.1, 0.15) is 34.1 Å². The molecular formula is C22H19ClFN3O3. The summed E-state index contributed by atoms with van der Waals surface area (Å²) in [7, 11) is 1.78. The normalized spacial score (nSPS) is 15.0. The molecule has 3 N–H and O–H groups in total. The number of carbonyl (C=O) groups excluding carboxylic acids is 1. The zero-order valence-electron chi connectivity index (χ0n) is 16.1. The van der Waals surface area contributed by atoms with Crippen LogP contribution in [0.4, 0.5) is 14.9 Å². The summed E-state index contributed by atoms with van der Waals surface area (Å²) in [6.45, 7) is 0. The van der Waals surface area contributed by atoms with Crippen LogP contribution in [-0.2, 0) is 13.5 Å². The Morgan fingerprint density at radius 2 is 1.93 bits per heavy atom. The van der Waals surface area contributed by atoms with Crippen molar-refractivity contribution in [1.82, 2.24) is 9.88 Å². The number of anilines is 1. The SMILES string of the molecule is Cn1c(C(=O)Nc2ccc(F)c(Cl)c2)c2c(c1-c1ccccc1)C(NC(=O)O)CC2. The molecule has 1 aliphatic rings. The Kier molecular flexibility index (Phi) is 5.22. The lowest BCUT2D eigenvalue weighted by molar-refractivity contribution is 0.101. The highest BCUT2D eigenvalue weighted by Gasteiger charge is 2.35. The molecule has 3 aromatic rings. The molecule has 6 nitrogen and oxygen atoms in total. The van der Waals surface area contributed by atoms with Crippen LogP contribution < -0.4 is 10.6 Å². The molecule has 8 heteroatoms. The van der Waals surface area contributed by atoms with Gasteiger partial charge in [0.25, 0.3) is 5.91 Å². The molecule has 0 saturated heterocycles. The lowest BCUT2D eigenvalue weighted by Gasteiger charge is -2.15. The van der Waals surface area contributed by atoms with Crippen LogP contribution in [0.2, 0.25) is 5.02 Å². The number of hydrogen-bond donors (Lipinski definition) is 3. The van der Waals surface area contributed by atoms with Crippen LogP contribution in [-0.4, -0.2) is 21.7 Å². The summed E-state index contributed by atoms with van der Waals surface area (Å²) >= 11 is 5.82. The van der Waals surface area contributed by atoms with Crippen molar-refractivity contribution in [3.8, 4) is 11.3 Å². The predicted molar refractivity (Wildman–Crippen MR) is 112 cm³/mol. The van der Waals surface area contributed by atoms with E-state index in [0.29, 0.717) is 24.2 Å². The van der Waals surface area contributed by atoms with Crippen molar-refractivity contribution >= 4 is 29.3 Å². The zero-order valence-corrected chi connectivity index (χ0v) is 16.8. The number of carboxylic acid groups (broad SMARTS) is 1. The fourth-order valence-corrected chi connectivity index (χ4v) is 4.30. The number of halogens is 2.